The minimum Gasteiger partial charge on any atom is -0.367 e. The standard InChI is InChI=1S/C22H20FN5O.C15H14ClFN4.C8H9NO/c1-22(2,17-6-8-18(23)9-7-17)13-26-21-16(12-24)11-19(27-28-21)14-4-3-5-15(10-14)20(25)29;1-15(2,11-3-5-12(17)6-4-11)9-19-14-10(8-18)7-13(16)20-21-14;1-6-3-2-4-7(5-6)8(9)10/h3-11H,13H2,1-2H3,(H2,25,29)(H,26,28);3-7H,9H2,1-2H3,(H,19,21);2-5H,1H3,(H2,9,10). The van der Waals surface area contributed by atoms with Crippen LogP contribution in [0.3, 0.4) is 0 Å². The highest BCUT2D eigenvalue weighted by Crippen LogP contribution is 2.27. The Balaban J connectivity index is 0.000000222. The smallest absolute Gasteiger partial charge is 0.248 e. The topological polar surface area (TPSA) is 209 Å². The number of benzene rings is 4. The van der Waals surface area contributed by atoms with Crippen molar-refractivity contribution in [3.8, 4) is 23.4 Å². The number of aromatic nitrogens is 4. The second kappa shape index (κ2) is 20.4. The molecule has 0 fully saturated rings. The van der Waals surface area contributed by atoms with Crippen LogP contribution < -0.4 is 22.1 Å². The Morgan fingerprint density at radius 1 is 0.650 bits per heavy atom. The summed E-state index contributed by atoms with van der Waals surface area (Å²) in [6.45, 7) is 11.0. The Morgan fingerprint density at radius 3 is 1.55 bits per heavy atom. The zero-order chi connectivity index (χ0) is 44.0. The number of nitrogens with one attached hydrogen (secondary N) is 2. The third-order valence-corrected chi connectivity index (χ3v) is 9.38. The largest absolute Gasteiger partial charge is 0.367 e. The van der Waals surface area contributed by atoms with Crippen LogP contribution in [0.1, 0.15) is 76.2 Å². The molecule has 0 aliphatic carbocycles. The molecule has 6 N–H and O–H groups in total. The summed E-state index contributed by atoms with van der Waals surface area (Å²) < 4.78 is 26.2. The molecule has 0 bridgehead atoms. The number of carbonyl (C=O) groups is 2. The van der Waals surface area contributed by atoms with Gasteiger partial charge in [-0.05, 0) is 78.7 Å². The van der Waals surface area contributed by atoms with Crippen LogP contribution in [0.25, 0.3) is 11.3 Å². The lowest BCUT2D eigenvalue weighted by Crippen LogP contribution is -2.28. The highest BCUT2D eigenvalue weighted by molar-refractivity contribution is 6.29. The average Bonchev–Trinajstić information content (AvgIpc) is 3.23. The predicted molar refractivity (Wildman–Crippen MR) is 228 cm³/mol. The lowest BCUT2D eigenvalue weighted by Gasteiger charge is -2.26. The molecular weight excluding hydrogens is 786 g/mol. The number of halogens is 3. The number of amides is 2. The van der Waals surface area contributed by atoms with Crippen LogP contribution in [0, 0.1) is 41.2 Å². The Hall–Kier alpha value is -7.29. The number of nitrogens with zero attached hydrogens (tertiary/aromatic N) is 6. The van der Waals surface area contributed by atoms with Gasteiger partial charge in [-0.1, -0.05) is 93.4 Å². The van der Waals surface area contributed by atoms with Gasteiger partial charge in [0, 0.05) is 40.6 Å². The minimum atomic E-state index is -0.540. The molecule has 0 aliphatic rings. The van der Waals surface area contributed by atoms with Gasteiger partial charge in [0.2, 0.25) is 11.8 Å². The number of anilines is 2. The van der Waals surface area contributed by atoms with E-state index in [9.17, 15) is 23.6 Å². The van der Waals surface area contributed by atoms with Crippen LogP contribution in [0.2, 0.25) is 5.15 Å². The van der Waals surface area contributed by atoms with Crippen molar-refractivity contribution in [1.82, 2.24) is 20.4 Å². The van der Waals surface area contributed by atoms with Crippen LogP contribution in [0.5, 0.6) is 0 Å². The van der Waals surface area contributed by atoms with Gasteiger partial charge in [0.15, 0.2) is 16.8 Å². The molecule has 60 heavy (non-hydrogen) atoms. The molecule has 4 aromatic carbocycles. The maximum atomic E-state index is 13.2. The number of aryl methyl sites for hydroxylation is 1. The van der Waals surface area contributed by atoms with Gasteiger partial charge in [0.25, 0.3) is 0 Å². The molecule has 0 spiro atoms. The Labute approximate surface area is 352 Å². The molecule has 0 aliphatic heterocycles. The molecule has 0 saturated heterocycles. The molecule has 2 aromatic heterocycles. The number of carbonyl (C=O) groups excluding carboxylic acids is 2. The maximum absolute atomic E-state index is 13.2. The third-order valence-electron chi connectivity index (χ3n) is 9.19. The van der Waals surface area contributed by atoms with E-state index in [0.29, 0.717) is 58.2 Å². The number of rotatable bonds is 11. The predicted octanol–water partition coefficient (Wildman–Crippen LogP) is 8.27. The normalized spacial score (nSPS) is 10.7. The van der Waals surface area contributed by atoms with E-state index >= 15 is 0 Å². The van der Waals surface area contributed by atoms with E-state index in [1.54, 1.807) is 66.7 Å². The SMILES string of the molecule is CC(C)(CNc1nnc(-c2cccc(C(N)=O)c2)cc1C#N)c1ccc(F)cc1.CC(C)(CNc1nnc(Cl)cc1C#N)c1ccc(F)cc1.Cc1cccc(C(N)=O)c1. The van der Waals surface area contributed by atoms with Gasteiger partial charge >= 0.3 is 0 Å². The Morgan fingerprint density at radius 2 is 1.10 bits per heavy atom. The fourth-order valence-electron chi connectivity index (χ4n) is 5.58. The molecule has 15 heteroatoms. The summed E-state index contributed by atoms with van der Waals surface area (Å²) in [5.41, 5.74) is 15.5. The maximum Gasteiger partial charge on any atom is 0.248 e. The summed E-state index contributed by atoms with van der Waals surface area (Å²) in [6, 6.07) is 33.8. The number of primary amides is 2. The van der Waals surface area contributed by atoms with E-state index in [-0.39, 0.29) is 33.5 Å². The molecule has 12 nitrogen and oxygen atoms in total. The van der Waals surface area contributed by atoms with Gasteiger partial charge in [-0.15, -0.1) is 20.4 Å². The molecule has 6 aromatic rings. The van der Waals surface area contributed by atoms with Crippen molar-refractivity contribution < 1.29 is 18.4 Å². The molecular formula is C45H43ClF2N10O2. The number of nitrogens with two attached hydrogens (primary N) is 2. The molecule has 0 saturated carbocycles. The van der Waals surface area contributed by atoms with E-state index in [2.05, 4.69) is 37.1 Å². The number of hydrogen-bond acceptors (Lipinski definition) is 10. The molecule has 0 atom stereocenters. The van der Waals surface area contributed by atoms with E-state index in [1.165, 1.54) is 30.3 Å². The number of hydrogen-bond donors (Lipinski definition) is 4. The first-order chi connectivity index (χ1) is 28.4. The quantitative estimate of drug-likeness (QED) is 0.0982. The van der Waals surface area contributed by atoms with Crippen molar-refractivity contribution in [2.75, 3.05) is 23.7 Å². The van der Waals surface area contributed by atoms with Gasteiger partial charge in [0.1, 0.15) is 23.8 Å². The summed E-state index contributed by atoms with van der Waals surface area (Å²) in [4.78, 5) is 22.0. The second-order valence-electron chi connectivity index (χ2n) is 14.8. The first-order valence-corrected chi connectivity index (χ1v) is 18.8. The zero-order valence-electron chi connectivity index (χ0n) is 33.6. The molecule has 6 rings (SSSR count). The van der Waals surface area contributed by atoms with Gasteiger partial charge in [-0.2, -0.15) is 10.5 Å². The molecule has 306 valence electrons. The Kier molecular flexibility index (Phi) is 15.5. The van der Waals surface area contributed by atoms with Crippen molar-refractivity contribution in [2.24, 2.45) is 11.5 Å². The molecule has 2 amide bonds. The first-order valence-electron chi connectivity index (χ1n) is 18.4. The molecule has 0 radical (unpaired) electrons. The molecule has 2 heterocycles. The van der Waals surface area contributed by atoms with Crippen LogP contribution in [-0.2, 0) is 10.8 Å². The summed E-state index contributed by atoms with van der Waals surface area (Å²) >= 11 is 5.71. The lowest BCUT2D eigenvalue weighted by atomic mass is 9.84. The summed E-state index contributed by atoms with van der Waals surface area (Å²) in [6.07, 6.45) is 0. The van der Waals surface area contributed by atoms with Crippen LogP contribution in [0.15, 0.2) is 109 Å². The monoisotopic (exact) mass is 828 g/mol. The van der Waals surface area contributed by atoms with Crippen molar-refractivity contribution in [1.29, 1.82) is 10.5 Å². The van der Waals surface area contributed by atoms with E-state index in [1.807, 2.05) is 52.8 Å². The van der Waals surface area contributed by atoms with Crippen LogP contribution in [-0.4, -0.2) is 45.3 Å². The van der Waals surface area contributed by atoms with Crippen molar-refractivity contribution in [3.63, 3.8) is 0 Å². The summed E-state index contributed by atoms with van der Waals surface area (Å²) in [5.74, 6) is -0.719. The zero-order valence-corrected chi connectivity index (χ0v) is 34.4. The lowest BCUT2D eigenvalue weighted by molar-refractivity contribution is 0.0992. The summed E-state index contributed by atoms with van der Waals surface area (Å²) in [7, 11) is 0. The van der Waals surface area contributed by atoms with Crippen molar-refractivity contribution in [3.05, 3.63) is 165 Å². The van der Waals surface area contributed by atoms with Gasteiger partial charge < -0.3 is 22.1 Å². The van der Waals surface area contributed by atoms with Crippen molar-refractivity contribution >= 4 is 35.1 Å². The van der Waals surface area contributed by atoms with Gasteiger partial charge in [-0.25, -0.2) is 8.78 Å². The minimum absolute atomic E-state index is 0.176. The van der Waals surface area contributed by atoms with Crippen LogP contribution >= 0.6 is 11.6 Å². The second-order valence-corrected chi connectivity index (χ2v) is 15.2. The Bertz CT molecular complexity index is 2530. The van der Waals surface area contributed by atoms with E-state index < -0.39 is 5.91 Å². The fourth-order valence-corrected chi connectivity index (χ4v) is 5.73. The van der Waals surface area contributed by atoms with E-state index in [0.717, 1.165) is 16.7 Å². The third kappa shape index (κ3) is 12.9. The van der Waals surface area contributed by atoms with Gasteiger partial charge in [0.05, 0.1) is 16.8 Å². The summed E-state index contributed by atoms with van der Waals surface area (Å²) in [5, 5.41) is 41.0. The molecule has 0 unspecified atom stereocenters. The number of nitriles is 2. The first kappa shape index (κ1) is 45.4. The van der Waals surface area contributed by atoms with Crippen LogP contribution in [0.4, 0.5) is 20.4 Å². The van der Waals surface area contributed by atoms with Crippen molar-refractivity contribution in [2.45, 2.75) is 45.4 Å². The highest BCUT2D eigenvalue weighted by atomic mass is 35.5. The van der Waals surface area contributed by atoms with Gasteiger partial charge in [-0.3, -0.25) is 9.59 Å². The fraction of sp³-hybridized carbons (Fsp3) is 0.200. The highest BCUT2D eigenvalue weighted by Gasteiger charge is 2.23. The van der Waals surface area contributed by atoms with E-state index in [4.69, 9.17) is 28.3 Å². The average molecular weight is 829 g/mol.